The molecule has 0 bridgehead atoms. The van der Waals surface area contributed by atoms with Gasteiger partial charge in [-0.15, -0.1) is 6.42 Å². The zero-order valence-electron chi connectivity index (χ0n) is 16.2. The first kappa shape index (κ1) is 19.1. The number of terminal acetylenes is 1. The number of nitrogens with zero attached hydrogens (tertiary/aromatic N) is 2. The molecule has 0 radical (unpaired) electrons. The number of methoxy groups -OCH3 is 1. The third-order valence-corrected chi connectivity index (χ3v) is 5.67. The number of benzene rings is 2. The second kappa shape index (κ2) is 8.02. The van der Waals surface area contributed by atoms with Gasteiger partial charge in [0.05, 0.1) is 30.3 Å². The topological polar surface area (TPSA) is 62.1 Å². The number of carbonyl (C=O) groups is 1. The van der Waals surface area contributed by atoms with E-state index in [1.165, 1.54) is 11.3 Å². The summed E-state index contributed by atoms with van der Waals surface area (Å²) in [4.78, 5) is 17.5. The number of thiazole rings is 1. The molecule has 0 N–H and O–H groups in total. The first-order valence-electron chi connectivity index (χ1n) is 9.16. The monoisotopic (exact) mass is 408 g/mol. The maximum absolute atomic E-state index is 12.6. The number of aryl methyl sites for hydroxylation is 1. The van der Waals surface area contributed by atoms with E-state index in [9.17, 15) is 4.79 Å². The lowest BCUT2D eigenvalue weighted by Crippen LogP contribution is -2.18. The normalized spacial score (nSPS) is 13.3. The third-order valence-electron chi connectivity index (χ3n) is 4.63. The molecular weight excluding hydrogens is 388 g/mol. The number of hydrogen-bond donors (Lipinski definition) is 0. The van der Waals surface area contributed by atoms with Crippen molar-refractivity contribution < 1.29 is 19.0 Å². The number of fused-ring (bicyclic) bond motifs is 2. The Bertz CT molecular complexity index is 1200. The molecule has 0 saturated heterocycles. The van der Waals surface area contributed by atoms with Crippen LogP contribution in [0.4, 0.5) is 0 Å². The quantitative estimate of drug-likeness (QED) is 0.623. The van der Waals surface area contributed by atoms with Crippen molar-refractivity contribution in [3.8, 4) is 29.6 Å². The molecular formula is C22H20N2O4S. The molecule has 7 heteroatoms. The summed E-state index contributed by atoms with van der Waals surface area (Å²) in [6, 6.07) is 9.49. The van der Waals surface area contributed by atoms with E-state index >= 15 is 0 Å². The SMILES string of the molecule is C#CCn1c(=NC(=O)Cc2ccc(OC)c(C)c2)sc2cc3c(cc21)OCCO3. The predicted octanol–water partition coefficient (Wildman–Crippen LogP) is 3.09. The summed E-state index contributed by atoms with van der Waals surface area (Å²) >= 11 is 1.41. The molecule has 4 rings (SSSR count). The van der Waals surface area contributed by atoms with Crippen LogP contribution in [-0.4, -0.2) is 30.8 Å². The van der Waals surface area contributed by atoms with Crippen molar-refractivity contribution in [2.45, 2.75) is 19.9 Å². The number of rotatable bonds is 4. The van der Waals surface area contributed by atoms with E-state index in [1.54, 1.807) is 7.11 Å². The molecule has 2 heterocycles. The van der Waals surface area contributed by atoms with E-state index in [2.05, 4.69) is 10.9 Å². The molecule has 0 fully saturated rings. The zero-order chi connectivity index (χ0) is 20.4. The summed E-state index contributed by atoms with van der Waals surface area (Å²) < 4.78 is 19.4. The Labute approximate surface area is 172 Å². The third kappa shape index (κ3) is 3.84. The highest BCUT2D eigenvalue weighted by Gasteiger charge is 2.16. The van der Waals surface area contributed by atoms with Gasteiger partial charge in [0.25, 0.3) is 5.91 Å². The number of carbonyl (C=O) groups excluding carboxylic acids is 1. The zero-order valence-corrected chi connectivity index (χ0v) is 17.0. The molecule has 3 aromatic rings. The van der Waals surface area contributed by atoms with E-state index in [1.807, 2.05) is 41.8 Å². The fourth-order valence-corrected chi connectivity index (χ4v) is 4.36. The standard InChI is InChI=1S/C22H20N2O4S/c1-4-7-24-16-12-18-19(28-9-8-27-18)13-20(16)29-22(24)23-21(25)11-15-5-6-17(26-3)14(2)10-15/h1,5-6,10,12-13H,7-9,11H2,2-3H3. The van der Waals surface area contributed by atoms with E-state index < -0.39 is 0 Å². The minimum atomic E-state index is -0.232. The maximum Gasteiger partial charge on any atom is 0.252 e. The molecule has 0 spiro atoms. The second-order valence-corrected chi connectivity index (χ2v) is 7.63. The molecule has 1 aromatic heterocycles. The van der Waals surface area contributed by atoms with Crippen molar-refractivity contribution in [3.63, 3.8) is 0 Å². The van der Waals surface area contributed by atoms with Crippen molar-refractivity contribution in [2.75, 3.05) is 20.3 Å². The fraction of sp³-hybridized carbons (Fsp3) is 0.273. The van der Waals surface area contributed by atoms with Crippen molar-refractivity contribution in [1.29, 1.82) is 0 Å². The molecule has 0 atom stereocenters. The van der Waals surface area contributed by atoms with Crippen LogP contribution >= 0.6 is 11.3 Å². The molecule has 1 aliphatic rings. The van der Waals surface area contributed by atoms with E-state index in [-0.39, 0.29) is 12.3 Å². The van der Waals surface area contributed by atoms with Crippen molar-refractivity contribution >= 4 is 27.5 Å². The van der Waals surface area contributed by atoms with Crippen LogP contribution in [-0.2, 0) is 17.8 Å². The fourth-order valence-electron chi connectivity index (χ4n) is 3.31. The smallest absolute Gasteiger partial charge is 0.252 e. The number of aromatic nitrogens is 1. The van der Waals surface area contributed by atoms with Gasteiger partial charge in [-0.05, 0) is 24.1 Å². The van der Waals surface area contributed by atoms with E-state index in [0.717, 1.165) is 27.1 Å². The molecule has 0 saturated carbocycles. The van der Waals surface area contributed by atoms with Gasteiger partial charge in [-0.1, -0.05) is 29.4 Å². The Morgan fingerprint density at radius 2 is 2.03 bits per heavy atom. The largest absolute Gasteiger partial charge is 0.496 e. The lowest BCUT2D eigenvalue weighted by Gasteiger charge is -2.18. The van der Waals surface area contributed by atoms with Gasteiger partial charge < -0.3 is 18.8 Å². The highest BCUT2D eigenvalue weighted by Crippen LogP contribution is 2.35. The van der Waals surface area contributed by atoms with Crippen LogP contribution in [0.5, 0.6) is 17.2 Å². The van der Waals surface area contributed by atoms with Crippen LogP contribution in [0.15, 0.2) is 35.3 Å². The average molecular weight is 408 g/mol. The maximum atomic E-state index is 12.6. The van der Waals surface area contributed by atoms with Crippen LogP contribution in [0.2, 0.25) is 0 Å². The first-order valence-corrected chi connectivity index (χ1v) is 9.98. The average Bonchev–Trinajstić information content (AvgIpc) is 3.02. The minimum absolute atomic E-state index is 0.206. The molecule has 0 unspecified atom stereocenters. The van der Waals surface area contributed by atoms with Gasteiger partial charge in [0, 0.05) is 12.1 Å². The second-order valence-electron chi connectivity index (χ2n) is 6.62. The first-order chi connectivity index (χ1) is 14.1. The summed E-state index contributed by atoms with van der Waals surface area (Å²) in [5.41, 5.74) is 2.75. The van der Waals surface area contributed by atoms with E-state index in [0.29, 0.717) is 36.1 Å². The van der Waals surface area contributed by atoms with Crippen LogP contribution in [0, 0.1) is 19.3 Å². The van der Waals surface area contributed by atoms with Crippen molar-refractivity contribution in [1.82, 2.24) is 4.57 Å². The molecule has 1 aliphatic heterocycles. The number of hydrogen-bond acceptors (Lipinski definition) is 5. The highest BCUT2D eigenvalue weighted by molar-refractivity contribution is 7.16. The van der Waals surface area contributed by atoms with Crippen LogP contribution < -0.4 is 19.0 Å². The lowest BCUT2D eigenvalue weighted by atomic mass is 10.1. The summed E-state index contributed by atoms with van der Waals surface area (Å²) in [6.07, 6.45) is 5.76. The van der Waals surface area contributed by atoms with Gasteiger partial charge in [0.15, 0.2) is 16.3 Å². The summed E-state index contributed by atoms with van der Waals surface area (Å²) in [5.74, 6) is 4.58. The molecule has 0 aliphatic carbocycles. The number of amides is 1. The molecule has 148 valence electrons. The number of ether oxygens (including phenoxy) is 3. The lowest BCUT2D eigenvalue weighted by molar-refractivity contribution is -0.117. The van der Waals surface area contributed by atoms with Gasteiger partial charge in [0.1, 0.15) is 19.0 Å². The molecule has 6 nitrogen and oxygen atoms in total. The molecule has 1 amide bonds. The predicted molar refractivity (Wildman–Crippen MR) is 112 cm³/mol. The van der Waals surface area contributed by atoms with Crippen LogP contribution in [0.1, 0.15) is 11.1 Å². The Hall–Kier alpha value is -3.24. The summed E-state index contributed by atoms with van der Waals surface area (Å²) in [6.45, 7) is 3.29. The van der Waals surface area contributed by atoms with Gasteiger partial charge in [-0.25, -0.2) is 0 Å². The van der Waals surface area contributed by atoms with Crippen molar-refractivity contribution in [3.05, 3.63) is 46.3 Å². The Morgan fingerprint density at radius 1 is 1.28 bits per heavy atom. The summed E-state index contributed by atoms with van der Waals surface area (Å²) in [5, 5.41) is 0. The Kier molecular flexibility index (Phi) is 5.28. The summed E-state index contributed by atoms with van der Waals surface area (Å²) in [7, 11) is 1.63. The van der Waals surface area contributed by atoms with Gasteiger partial charge in [0.2, 0.25) is 0 Å². The van der Waals surface area contributed by atoms with Crippen LogP contribution in [0.25, 0.3) is 10.2 Å². The van der Waals surface area contributed by atoms with Crippen LogP contribution in [0.3, 0.4) is 0 Å². The molecule has 2 aromatic carbocycles. The van der Waals surface area contributed by atoms with E-state index in [4.69, 9.17) is 20.6 Å². The highest BCUT2D eigenvalue weighted by atomic mass is 32.1. The van der Waals surface area contributed by atoms with Gasteiger partial charge >= 0.3 is 0 Å². The van der Waals surface area contributed by atoms with Gasteiger partial charge in [-0.2, -0.15) is 4.99 Å². The molecule has 29 heavy (non-hydrogen) atoms. The van der Waals surface area contributed by atoms with Crippen molar-refractivity contribution in [2.24, 2.45) is 4.99 Å². The Balaban J connectivity index is 1.71. The Morgan fingerprint density at radius 3 is 2.72 bits per heavy atom. The van der Waals surface area contributed by atoms with Gasteiger partial charge in [-0.3, -0.25) is 4.79 Å². The minimum Gasteiger partial charge on any atom is -0.496 e.